The predicted molar refractivity (Wildman–Crippen MR) is 287 cm³/mol. The van der Waals surface area contributed by atoms with Crippen molar-refractivity contribution in [3.8, 4) is 27.9 Å². The Kier molecular flexibility index (Phi) is 8.19. The van der Waals surface area contributed by atoms with Crippen molar-refractivity contribution in [3.63, 3.8) is 0 Å². The van der Waals surface area contributed by atoms with Gasteiger partial charge in [-0.3, -0.25) is 0 Å². The quantitative estimate of drug-likeness (QED) is 0.161. The maximum Gasteiger partial charge on any atom is 0.375 e. The van der Waals surface area contributed by atoms with Crippen molar-refractivity contribution in [1.82, 2.24) is 4.57 Å². The molecule has 0 atom stereocenters. The van der Waals surface area contributed by atoms with E-state index in [2.05, 4.69) is 237 Å². The lowest BCUT2D eigenvalue weighted by Gasteiger charge is -2.44. The van der Waals surface area contributed by atoms with E-state index in [1.807, 2.05) is 0 Å². The Morgan fingerprint density at radius 1 is 0.544 bits per heavy atom. The van der Waals surface area contributed by atoms with Crippen molar-refractivity contribution < 1.29 is 4.42 Å². The molecule has 1 aliphatic carbocycles. The Bertz CT molecular complexity index is 3840. The Hall–Kier alpha value is -7.76. The largest absolute Gasteiger partial charge is 0.466 e. The Morgan fingerprint density at radius 3 is 1.99 bits per heavy atom. The molecule has 0 bridgehead atoms. The number of rotatable bonds is 5. The molecule has 11 aromatic rings. The Labute approximate surface area is 397 Å². The fourth-order valence-electron chi connectivity index (χ4n) is 12.5. The standard InChI is InChI=1S/C63H50BN3O/c1-39-35-49-48-29-27-45(65(43-20-11-7-12-21-43)44-22-13-8-14-23-44)38-54(48)67(46-28-30-51-52(37-46)63(4,5)34-33-62(51,2)3)64-58(49)60-56(39)57-47-24-16-15-19-41(47)25-31-53(57)66(60)59-50-36-42(40-17-9-6-10-18-40)26-32-55(50)68-61(59)64/h6-32,35-38H,33-34H2,1-5H3. The van der Waals surface area contributed by atoms with E-state index in [1.165, 1.54) is 82.7 Å². The van der Waals surface area contributed by atoms with Crippen LogP contribution in [-0.4, -0.2) is 11.4 Å². The van der Waals surface area contributed by atoms with Crippen LogP contribution < -0.4 is 20.8 Å². The molecule has 0 saturated carbocycles. The van der Waals surface area contributed by atoms with Crippen molar-refractivity contribution in [2.24, 2.45) is 0 Å². The van der Waals surface area contributed by atoms with Crippen molar-refractivity contribution in [2.45, 2.75) is 58.3 Å². The van der Waals surface area contributed by atoms with Crippen LogP contribution >= 0.6 is 0 Å². The molecule has 14 rings (SSSR count). The average Bonchev–Trinajstić information content (AvgIpc) is 3.93. The highest BCUT2D eigenvalue weighted by Crippen LogP contribution is 2.52. The fraction of sp³-hybridized carbons (Fsp3) is 0.143. The normalized spacial score (nSPS) is 15.2. The summed E-state index contributed by atoms with van der Waals surface area (Å²) in [7, 11) is 0. The second-order valence-electron chi connectivity index (χ2n) is 20.8. The number of hydrogen-bond acceptors (Lipinski definition) is 3. The van der Waals surface area contributed by atoms with Crippen LogP contribution in [0, 0.1) is 6.92 Å². The van der Waals surface area contributed by atoms with E-state index in [9.17, 15) is 0 Å². The van der Waals surface area contributed by atoms with Crippen molar-refractivity contribution in [2.75, 3.05) is 9.71 Å². The third kappa shape index (κ3) is 5.50. The maximum absolute atomic E-state index is 7.49. The van der Waals surface area contributed by atoms with Gasteiger partial charge in [-0.05, 0) is 147 Å². The number of benzene rings is 9. The fourth-order valence-corrected chi connectivity index (χ4v) is 12.5. The molecule has 0 unspecified atom stereocenters. The number of furan rings is 1. The molecule has 4 nitrogen and oxygen atoms in total. The molecule has 9 aromatic carbocycles. The van der Waals surface area contributed by atoms with Gasteiger partial charge in [0.25, 0.3) is 0 Å². The van der Waals surface area contributed by atoms with Crippen LogP contribution in [0.2, 0.25) is 0 Å². The van der Waals surface area contributed by atoms with Crippen LogP contribution in [0.5, 0.6) is 0 Å². The minimum Gasteiger partial charge on any atom is -0.466 e. The smallest absolute Gasteiger partial charge is 0.375 e. The first-order valence-electron chi connectivity index (χ1n) is 24.3. The third-order valence-corrected chi connectivity index (χ3v) is 15.9. The monoisotopic (exact) mass is 875 g/mol. The minimum absolute atomic E-state index is 0.0133. The molecule has 2 aromatic heterocycles. The number of fused-ring (bicyclic) bond motifs is 13. The summed E-state index contributed by atoms with van der Waals surface area (Å²) >= 11 is 0. The van der Waals surface area contributed by atoms with E-state index in [0.29, 0.717) is 0 Å². The lowest BCUT2D eigenvalue weighted by molar-refractivity contribution is 0.332. The average molecular weight is 876 g/mol. The van der Waals surface area contributed by atoms with Gasteiger partial charge in [0, 0.05) is 50.2 Å². The Morgan fingerprint density at radius 2 is 1.24 bits per heavy atom. The second-order valence-corrected chi connectivity index (χ2v) is 20.8. The highest BCUT2D eigenvalue weighted by Gasteiger charge is 2.48. The van der Waals surface area contributed by atoms with Gasteiger partial charge in [0.15, 0.2) is 0 Å². The van der Waals surface area contributed by atoms with Gasteiger partial charge in [-0.25, -0.2) is 0 Å². The van der Waals surface area contributed by atoms with Crippen molar-refractivity contribution >= 4 is 90.0 Å². The Balaban J connectivity index is 1.14. The van der Waals surface area contributed by atoms with Gasteiger partial charge in [0.2, 0.25) is 0 Å². The topological polar surface area (TPSA) is 24.6 Å². The molecule has 326 valence electrons. The van der Waals surface area contributed by atoms with Crippen LogP contribution in [0.4, 0.5) is 28.4 Å². The third-order valence-electron chi connectivity index (χ3n) is 15.9. The van der Waals surface area contributed by atoms with Crippen molar-refractivity contribution in [3.05, 3.63) is 205 Å². The van der Waals surface area contributed by atoms with E-state index in [1.54, 1.807) is 0 Å². The zero-order chi connectivity index (χ0) is 45.6. The molecule has 5 heteroatoms. The van der Waals surface area contributed by atoms with Gasteiger partial charge in [-0.2, -0.15) is 0 Å². The van der Waals surface area contributed by atoms with Crippen LogP contribution in [0.1, 0.15) is 57.2 Å². The van der Waals surface area contributed by atoms with Crippen LogP contribution in [0.15, 0.2) is 192 Å². The first-order chi connectivity index (χ1) is 33.1. The summed E-state index contributed by atoms with van der Waals surface area (Å²) in [6.45, 7) is 11.8. The minimum atomic E-state index is -0.277. The van der Waals surface area contributed by atoms with E-state index >= 15 is 0 Å². The van der Waals surface area contributed by atoms with Gasteiger partial charge in [0.1, 0.15) is 11.2 Å². The molecule has 3 aliphatic rings. The molecule has 0 radical (unpaired) electrons. The summed E-state index contributed by atoms with van der Waals surface area (Å²) in [6.07, 6.45) is 2.30. The van der Waals surface area contributed by atoms with Crippen LogP contribution in [0.25, 0.3) is 71.5 Å². The molecular formula is C63H50BN3O. The van der Waals surface area contributed by atoms with Crippen LogP contribution in [0.3, 0.4) is 0 Å². The molecule has 68 heavy (non-hydrogen) atoms. The summed E-state index contributed by atoms with van der Waals surface area (Å²) in [6, 6.07) is 69.7. The molecule has 0 fully saturated rings. The number of hydrogen-bond donors (Lipinski definition) is 0. The summed E-state index contributed by atoms with van der Waals surface area (Å²) in [5.41, 5.74) is 21.5. The highest BCUT2D eigenvalue weighted by atomic mass is 16.3. The number of para-hydroxylation sites is 2. The van der Waals surface area contributed by atoms with Gasteiger partial charge in [-0.1, -0.05) is 149 Å². The molecule has 0 amide bonds. The molecule has 0 saturated heterocycles. The summed E-state index contributed by atoms with van der Waals surface area (Å²) in [4.78, 5) is 5.04. The van der Waals surface area contributed by atoms with Gasteiger partial charge in [-0.15, -0.1) is 0 Å². The van der Waals surface area contributed by atoms with E-state index in [4.69, 9.17) is 4.42 Å². The maximum atomic E-state index is 7.49. The number of aryl methyl sites for hydroxylation is 1. The van der Waals surface area contributed by atoms with E-state index in [0.717, 1.165) is 57.9 Å². The van der Waals surface area contributed by atoms with Crippen LogP contribution in [-0.2, 0) is 10.8 Å². The molecule has 0 N–H and O–H groups in total. The van der Waals surface area contributed by atoms with Gasteiger partial charge >= 0.3 is 6.85 Å². The van der Waals surface area contributed by atoms with Crippen molar-refractivity contribution in [1.29, 1.82) is 0 Å². The molecule has 0 spiro atoms. The first-order valence-corrected chi connectivity index (χ1v) is 24.3. The summed E-state index contributed by atoms with van der Waals surface area (Å²) in [5.74, 6) is 0. The van der Waals surface area contributed by atoms with E-state index in [-0.39, 0.29) is 17.7 Å². The lowest BCUT2D eigenvalue weighted by atomic mass is 9.46. The zero-order valence-electron chi connectivity index (χ0n) is 39.1. The predicted octanol–water partition coefficient (Wildman–Crippen LogP) is 15.7. The number of nitrogens with zero attached hydrogens (tertiary/aromatic N) is 3. The molecular weight excluding hydrogens is 826 g/mol. The highest BCUT2D eigenvalue weighted by molar-refractivity contribution is 6.93. The zero-order valence-corrected chi connectivity index (χ0v) is 39.1. The molecule has 2 aliphatic heterocycles. The molecule has 4 heterocycles. The summed E-state index contributed by atoms with van der Waals surface area (Å²) < 4.78 is 10.1. The number of aromatic nitrogens is 1. The lowest BCUT2D eigenvalue weighted by Crippen LogP contribution is -2.60. The van der Waals surface area contributed by atoms with Gasteiger partial charge in [0.05, 0.1) is 16.7 Å². The first kappa shape index (κ1) is 39.4. The number of anilines is 5. The van der Waals surface area contributed by atoms with Gasteiger partial charge < -0.3 is 18.7 Å². The SMILES string of the molecule is Cc1cc2c3c4c1c1c5ccccc5ccc1n4-c1c(oc4ccc(-c5ccccc5)cc14)B3N(c1ccc3c(c1)C(C)(C)CCC3(C)C)c1cc(N(c3ccccc3)c3ccccc3)ccc1-2. The summed E-state index contributed by atoms with van der Waals surface area (Å²) in [5, 5.41) is 6.25. The second kappa shape index (κ2) is 14.1. The van der Waals surface area contributed by atoms with E-state index < -0.39 is 0 Å².